The molecule has 0 saturated carbocycles. The molecule has 3 aromatic heterocycles. The SMILES string of the molecule is Cc1sc2nc3sc(CCCCl)nn3c(=O)c2c1C. The maximum Gasteiger partial charge on any atom is 0.284 e. The van der Waals surface area contributed by atoms with Crippen LogP contribution in [-0.4, -0.2) is 20.5 Å². The second-order valence-corrected chi connectivity index (χ2v) is 6.98. The van der Waals surface area contributed by atoms with E-state index >= 15 is 0 Å². The standard InChI is InChI=1S/C12H12ClN3OS2/c1-6-7(2)18-10-9(6)11(17)16-12(14-10)19-8(15-16)4-3-5-13/h3-5H2,1-2H3. The molecular formula is C12H12ClN3OS2. The van der Waals surface area contributed by atoms with Crippen molar-refractivity contribution in [1.29, 1.82) is 0 Å². The number of nitrogens with zero attached hydrogens (tertiary/aromatic N) is 3. The number of hydrogen-bond donors (Lipinski definition) is 0. The molecule has 0 aliphatic carbocycles. The molecular weight excluding hydrogens is 302 g/mol. The fourth-order valence-electron chi connectivity index (χ4n) is 1.98. The summed E-state index contributed by atoms with van der Waals surface area (Å²) in [5.74, 6) is 0.603. The van der Waals surface area contributed by atoms with Crippen molar-refractivity contribution in [3.63, 3.8) is 0 Å². The first-order valence-electron chi connectivity index (χ1n) is 5.96. The Balaban J connectivity index is 2.26. The van der Waals surface area contributed by atoms with Crippen LogP contribution >= 0.6 is 34.3 Å². The van der Waals surface area contributed by atoms with Gasteiger partial charge in [-0.25, -0.2) is 4.98 Å². The second-order valence-electron chi connectivity index (χ2n) is 4.36. The third kappa shape index (κ3) is 2.07. The third-order valence-corrected chi connectivity index (χ3v) is 5.43. The Bertz CT molecular complexity index is 818. The molecule has 0 aliphatic rings. The van der Waals surface area contributed by atoms with Crippen LogP contribution in [-0.2, 0) is 6.42 Å². The topological polar surface area (TPSA) is 47.3 Å². The van der Waals surface area contributed by atoms with Crippen molar-refractivity contribution in [3.8, 4) is 0 Å². The Kier molecular flexibility index (Phi) is 3.32. The molecule has 0 aromatic carbocycles. The zero-order valence-corrected chi connectivity index (χ0v) is 13.0. The van der Waals surface area contributed by atoms with Gasteiger partial charge in [0.15, 0.2) is 0 Å². The summed E-state index contributed by atoms with van der Waals surface area (Å²) in [4.78, 5) is 19.6. The molecule has 3 heterocycles. The van der Waals surface area contributed by atoms with E-state index in [2.05, 4.69) is 10.1 Å². The van der Waals surface area contributed by atoms with Crippen LogP contribution < -0.4 is 5.56 Å². The van der Waals surface area contributed by atoms with E-state index in [1.165, 1.54) is 15.9 Å². The highest BCUT2D eigenvalue weighted by Gasteiger charge is 2.15. The van der Waals surface area contributed by atoms with Gasteiger partial charge in [-0.15, -0.1) is 22.9 Å². The summed E-state index contributed by atoms with van der Waals surface area (Å²) < 4.78 is 1.43. The molecule has 0 N–H and O–H groups in total. The van der Waals surface area contributed by atoms with Crippen LogP contribution in [0.2, 0.25) is 0 Å². The van der Waals surface area contributed by atoms with Gasteiger partial charge in [-0.2, -0.15) is 9.61 Å². The van der Waals surface area contributed by atoms with Crippen LogP contribution in [0.3, 0.4) is 0 Å². The molecule has 0 unspecified atom stereocenters. The van der Waals surface area contributed by atoms with Crippen molar-refractivity contribution in [2.75, 3.05) is 5.88 Å². The molecule has 0 fully saturated rings. The van der Waals surface area contributed by atoms with Crippen LogP contribution in [0.25, 0.3) is 15.2 Å². The van der Waals surface area contributed by atoms with Crippen LogP contribution in [0.1, 0.15) is 21.9 Å². The summed E-state index contributed by atoms with van der Waals surface area (Å²) in [6.07, 6.45) is 1.66. The molecule has 0 aliphatic heterocycles. The number of fused-ring (bicyclic) bond motifs is 2. The minimum Gasteiger partial charge on any atom is -0.266 e. The molecule has 0 saturated heterocycles. The Labute approximate surface area is 122 Å². The number of thiophene rings is 1. The molecule has 100 valence electrons. The van der Waals surface area contributed by atoms with Gasteiger partial charge in [0.25, 0.3) is 5.56 Å². The van der Waals surface area contributed by atoms with Crippen molar-refractivity contribution in [3.05, 3.63) is 25.8 Å². The molecule has 7 heteroatoms. The monoisotopic (exact) mass is 313 g/mol. The van der Waals surface area contributed by atoms with E-state index in [1.807, 2.05) is 13.8 Å². The van der Waals surface area contributed by atoms with Gasteiger partial charge in [-0.3, -0.25) is 4.79 Å². The highest BCUT2D eigenvalue weighted by Crippen LogP contribution is 2.27. The highest BCUT2D eigenvalue weighted by molar-refractivity contribution is 7.19. The van der Waals surface area contributed by atoms with Gasteiger partial charge in [0.1, 0.15) is 9.84 Å². The Morgan fingerprint density at radius 2 is 2.11 bits per heavy atom. The maximum absolute atomic E-state index is 12.5. The van der Waals surface area contributed by atoms with Gasteiger partial charge in [-0.05, 0) is 25.8 Å². The fraction of sp³-hybridized carbons (Fsp3) is 0.417. The first-order chi connectivity index (χ1) is 9.11. The number of aryl methyl sites for hydroxylation is 3. The van der Waals surface area contributed by atoms with Gasteiger partial charge < -0.3 is 0 Å². The van der Waals surface area contributed by atoms with Gasteiger partial charge >= 0.3 is 0 Å². The van der Waals surface area contributed by atoms with Crippen molar-refractivity contribution >= 4 is 49.5 Å². The van der Waals surface area contributed by atoms with Crippen molar-refractivity contribution < 1.29 is 0 Å². The molecule has 4 nitrogen and oxygen atoms in total. The first kappa shape index (κ1) is 13.0. The Morgan fingerprint density at radius 1 is 1.32 bits per heavy atom. The average molecular weight is 314 g/mol. The van der Waals surface area contributed by atoms with Gasteiger partial charge in [0.05, 0.1) is 5.39 Å². The minimum atomic E-state index is -0.0600. The van der Waals surface area contributed by atoms with E-state index in [-0.39, 0.29) is 5.56 Å². The van der Waals surface area contributed by atoms with E-state index in [0.29, 0.717) is 16.2 Å². The number of aromatic nitrogens is 3. The summed E-state index contributed by atoms with van der Waals surface area (Å²) in [5, 5.41) is 5.97. The van der Waals surface area contributed by atoms with E-state index < -0.39 is 0 Å². The molecule has 3 aromatic rings. The van der Waals surface area contributed by atoms with Crippen molar-refractivity contribution in [2.45, 2.75) is 26.7 Å². The van der Waals surface area contributed by atoms with E-state index in [9.17, 15) is 4.79 Å². The molecule has 3 rings (SSSR count). The average Bonchev–Trinajstić information content (AvgIpc) is 2.90. The van der Waals surface area contributed by atoms with Crippen molar-refractivity contribution in [2.24, 2.45) is 0 Å². The van der Waals surface area contributed by atoms with Gasteiger partial charge in [0, 0.05) is 17.2 Å². The normalized spacial score (nSPS) is 11.7. The predicted octanol–water partition coefficient (Wildman–Crippen LogP) is 3.15. The van der Waals surface area contributed by atoms with Crippen LogP contribution in [0, 0.1) is 13.8 Å². The van der Waals surface area contributed by atoms with Gasteiger partial charge in [-0.1, -0.05) is 11.3 Å². The largest absolute Gasteiger partial charge is 0.284 e. The van der Waals surface area contributed by atoms with E-state index in [0.717, 1.165) is 33.1 Å². The molecule has 0 radical (unpaired) electrons. The summed E-state index contributed by atoms with van der Waals surface area (Å²) in [7, 11) is 0. The third-order valence-electron chi connectivity index (χ3n) is 3.10. The lowest BCUT2D eigenvalue weighted by atomic mass is 10.2. The fourth-order valence-corrected chi connectivity index (χ4v) is 4.12. The minimum absolute atomic E-state index is 0.0600. The smallest absolute Gasteiger partial charge is 0.266 e. The van der Waals surface area contributed by atoms with Gasteiger partial charge in [0.2, 0.25) is 4.96 Å². The summed E-state index contributed by atoms with van der Waals surface area (Å²) in [5.41, 5.74) is 0.956. The maximum atomic E-state index is 12.5. The lowest BCUT2D eigenvalue weighted by molar-refractivity contribution is 0.831. The molecule has 0 bridgehead atoms. The summed E-state index contributed by atoms with van der Waals surface area (Å²) >= 11 is 8.72. The number of alkyl halides is 1. The summed E-state index contributed by atoms with van der Waals surface area (Å²) in [6, 6.07) is 0. The van der Waals surface area contributed by atoms with E-state index in [4.69, 9.17) is 11.6 Å². The quantitative estimate of drug-likeness (QED) is 0.698. The predicted molar refractivity (Wildman–Crippen MR) is 81.0 cm³/mol. The molecule has 0 amide bonds. The van der Waals surface area contributed by atoms with E-state index in [1.54, 1.807) is 11.3 Å². The molecule has 0 atom stereocenters. The molecule has 19 heavy (non-hydrogen) atoms. The Morgan fingerprint density at radius 3 is 2.84 bits per heavy atom. The van der Waals surface area contributed by atoms with Crippen LogP contribution in [0.5, 0.6) is 0 Å². The zero-order valence-electron chi connectivity index (χ0n) is 10.6. The first-order valence-corrected chi connectivity index (χ1v) is 8.13. The van der Waals surface area contributed by atoms with Crippen LogP contribution in [0.15, 0.2) is 4.79 Å². The molecule has 0 spiro atoms. The number of halogens is 1. The zero-order chi connectivity index (χ0) is 13.6. The van der Waals surface area contributed by atoms with Crippen molar-refractivity contribution in [1.82, 2.24) is 14.6 Å². The Hall–Kier alpha value is -0.980. The number of hydrogen-bond acceptors (Lipinski definition) is 5. The summed E-state index contributed by atoms with van der Waals surface area (Å²) in [6.45, 7) is 3.98. The highest BCUT2D eigenvalue weighted by atomic mass is 35.5. The lowest BCUT2D eigenvalue weighted by Gasteiger charge is -1.92. The lowest BCUT2D eigenvalue weighted by Crippen LogP contribution is -2.15. The van der Waals surface area contributed by atoms with Crippen LogP contribution in [0.4, 0.5) is 0 Å². The second kappa shape index (κ2) is 4.85. The number of rotatable bonds is 3.